The summed E-state index contributed by atoms with van der Waals surface area (Å²) in [6.07, 6.45) is 2.79. The molecular weight excluding hydrogens is 310 g/mol. The quantitative estimate of drug-likeness (QED) is 0.754. The Labute approximate surface area is 138 Å². The molecule has 6 nitrogen and oxygen atoms in total. The molecule has 0 aliphatic heterocycles. The number of amides is 1. The van der Waals surface area contributed by atoms with Crippen molar-refractivity contribution in [3.05, 3.63) is 46.7 Å². The van der Waals surface area contributed by atoms with Crippen LogP contribution >= 0.6 is 11.3 Å². The number of aromatic nitrogens is 4. The number of nitrogens with zero attached hydrogens (tertiary/aromatic N) is 3. The molecule has 0 saturated carbocycles. The Morgan fingerprint density at radius 3 is 2.87 bits per heavy atom. The monoisotopic (exact) mass is 327 g/mol. The van der Waals surface area contributed by atoms with Crippen LogP contribution in [0.15, 0.2) is 29.8 Å². The summed E-state index contributed by atoms with van der Waals surface area (Å²) in [6, 6.07) is 5.67. The third-order valence-electron chi connectivity index (χ3n) is 3.56. The minimum Gasteiger partial charge on any atom is -0.302 e. The summed E-state index contributed by atoms with van der Waals surface area (Å²) >= 11 is 1.40. The Morgan fingerprint density at radius 1 is 1.30 bits per heavy atom. The summed E-state index contributed by atoms with van der Waals surface area (Å²) in [6.45, 7) is 3.91. The second kappa shape index (κ2) is 6.70. The number of hydrogen-bond donors (Lipinski definition) is 2. The van der Waals surface area contributed by atoms with Crippen molar-refractivity contribution < 1.29 is 4.79 Å². The topological polar surface area (TPSA) is 83.6 Å². The van der Waals surface area contributed by atoms with Crippen LogP contribution in [0.2, 0.25) is 0 Å². The fourth-order valence-electron chi connectivity index (χ4n) is 2.33. The van der Waals surface area contributed by atoms with Gasteiger partial charge in [-0.25, -0.2) is 4.98 Å². The number of rotatable bonds is 5. The van der Waals surface area contributed by atoms with Crippen molar-refractivity contribution in [3.8, 4) is 11.4 Å². The van der Waals surface area contributed by atoms with Crippen LogP contribution in [0.1, 0.15) is 23.4 Å². The van der Waals surface area contributed by atoms with Crippen LogP contribution in [-0.4, -0.2) is 26.1 Å². The Balaban J connectivity index is 1.59. The van der Waals surface area contributed by atoms with E-state index in [1.165, 1.54) is 11.3 Å². The van der Waals surface area contributed by atoms with Gasteiger partial charge in [0.05, 0.1) is 11.4 Å². The van der Waals surface area contributed by atoms with Crippen LogP contribution in [0, 0.1) is 13.8 Å². The van der Waals surface area contributed by atoms with Crippen LogP contribution in [-0.2, 0) is 11.2 Å². The Morgan fingerprint density at radius 2 is 2.17 bits per heavy atom. The zero-order chi connectivity index (χ0) is 16.2. The maximum atomic E-state index is 12.1. The van der Waals surface area contributed by atoms with Crippen LogP contribution in [0.25, 0.3) is 11.4 Å². The predicted octanol–water partition coefficient (Wildman–Crippen LogP) is 3.12. The van der Waals surface area contributed by atoms with E-state index in [9.17, 15) is 4.79 Å². The molecule has 1 amide bonds. The molecule has 3 rings (SSSR count). The summed E-state index contributed by atoms with van der Waals surface area (Å²) < 4.78 is 0. The second-order valence-electron chi connectivity index (χ2n) is 5.21. The SMILES string of the molecule is Cc1n[nH]c(C)c1CCC(=O)Nc1nc(-c2ccccn2)cs1. The maximum absolute atomic E-state index is 12.1. The van der Waals surface area contributed by atoms with Crippen molar-refractivity contribution in [2.45, 2.75) is 26.7 Å². The number of anilines is 1. The lowest BCUT2D eigenvalue weighted by molar-refractivity contribution is -0.116. The summed E-state index contributed by atoms with van der Waals surface area (Å²) in [5, 5.41) is 12.4. The van der Waals surface area contributed by atoms with Gasteiger partial charge in [0, 0.05) is 23.7 Å². The number of pyridine rings is 1. The van der Waals surface area contributed by atoms with Gasteiger partial charge < -0.3 is 5.32 Å². The first-order valence-electron chi connectivity index (χ1n) is 7.30. The number of thiazole rings is 1. The zero-order valence-corrected chi connectivity index (χ0v) is 13.8. The molecular formula is C16H17N5OS. The van der Waals surface area contributed by atoms with E-state index in [1.807, 2.05) is 37.4 Å². The molecule has 3 aromatic heterocycles. The van der Waals surface area contributed by atoms with Gasteiger partial charge in [-0.3, -0.25) is 14.9 Å². The van der Waals surface area contributed by atoms with Crippen LogP contribution in [0.4, 0.5) is 5.13 Å². The summed E-state index contributed by atoms with van der Waals surface area (Å²) in [5.41, 5.74) is 4.64. The molecule has 0 aliphatic carbocycles. The predicted molar refractivity (Wildman–Crippen MR) is 90.4 cm³/mol. The summed E-state index contributed by atoms with van der Waals surface area (Å²) in [7, 11) is 0. The van der Waals surface area contributed by atoms with Gasteiger partial charge in [-0.2, -0.15) is 5.10 Å². The number of H-pyrrole nitrogens is 1. The third kappa shape index (κ3) is 3.62. The van der Waals surface area contributed by atoms with Crippen molar-refractivity contribution in [2.24, 2.45) is 0 Å². The van der Waals surface area contributed by atoms with Crippen molar-refractivity contribution in [3.63, 3.8) is 0 Å². The number of aromatic amines is 1. The molecule has 0 unspecified atom stereocenters. The Hall–Kier alpha value is -2.54. The lowest BCUT2D eigenvalue weighted by Crippen LogP contribution is -2.12. The third-order valence-corrected chi connectivity index (χ3v) is 4.32. The van der Waals surface area contributed by atoms with Gasteiger partial charge in [-0.1, -0.05) is 6.07 Å². The first-order chi connectivity index (χ1) is 11.1. The highest BCUT2D eigenvalue weighted by Crippen LogP contribution is 2.23. The van der Waals surface area contributed by atoms with Crippen molar-refractivity contribution in [1.82, 2.24) is 20.2 Å². The summed E-state index contributed by atoms with van der Waals surface area (Å²) in [5.74, 6) is -0.0491. The van der Waals surface area contributed by atoms with E-state index in [4.69, 9.17) is 0 Å². The van der Waals surface area contributed by atoms with Crippen molar-refractivity contribution in [1.29, 1.82) is 0 Å². The molecule has 23 heavy (non-hydrogen) atoms. The van der Waals surface area contributed by atoms with E-state index in [0.29, 0.717) is 18.0 Å². The highest BCUT2D eigenvalue weighted by molar-refractivity contribution is 7.14. The average Bonchev–Trinajstić information content (AvgIpc) is 3.14. The van der Waals surface area contributed by atoms with E-state index in [1.54, 1.807) is 6.20 Å². The molecule has 0 fully saturated rings. The molecule has 0 radical (unpaired) electrons. The van der Waals surface area contributed by atoms with E-state index in [0.717, 1.165) is 28.3 Å². The second-order valence-corrected chi connectivity index (χ2v) is 6.07. The minimum atomic E-state index is -0.0491. The molecule has 0 spiro atoms. The van der Waals surface area contributed by atoms with Gasteiger partial charge in [0.15, 0.2) is 5.13 Å². The number of carbonyl (C=O) groups is 1. The molecule has 0 aliphatic rings. The van der Waals surface area contributed by atoms with Crippen LogP contribution < -0.4 is 5.32 Å². The van der Waals surface area contributed by atoms with Crippen molar-refractivity contribution in [2.75, 3.05) is 5.32 Å². The lowest BCUT2D eigenvalue weighted by Gasteiger charge is -2.02. The molecule has 0 saturated heterocycles. The van der Waals surface area contributed by atoms with Crippen LogP contribution in [0.3, 0.4) is 0 Å². The molecule has 2 N–H and O–H groups in total. The molecule has 7 heteroatoms. The number of nitrogens with one attached hydrogen (secondary N) is 2. The van der Waals surface area contributed by atoms with E-state index >= 15 is 0 Å². The van der Waals surface area contributed by atoms with Gasteiger partial charge in [-0.15, -0.1) is 11.3 Å². The van der Waals surface area contributed by atoms with Crippen molar-refractivity contribution >= 4 is 22.4 Å². The normalized spacial score (nSPS) is 10.7. The number of hydrogen-bond acceptors (Lipinski definition) is 5. The molecule has 118 valence electrons. The average molecular weight is 327 g/mol. The van der Waals surface area contributed by atoms with E-state index < -0.39 is 0 Å². The highest BCUT2D eigenvalue weighted by Gasteiger charge is 2.11. The zero-order valence-electron chi connectivity index (χ0n) is 13.0. The minimum absolute atomic E-state index is 0.0491. The Kier molecular flexibility index (Phi) is 4.47. The first-order valence-corrected chi connectivity index (χ1v) is 8.18. The van der Waals surface area contributed by atoms with Gasteiger partial charge in [-0.05, 0) is 38.0 Å². The molecule has 0 atom stereocenters. The van der Waals surface area contributed by atoms with Gasteiger partial charge >= 0.3 is 0 Å². The fraction of sp³-hybridized carbons (Fsp3) is 0.250. The smallest absolute Gasteiger partial charge is 0.226 e. The van der Waals surface area contributed by atoms with Gasteiger partial charge in [0.2, 0.25) is 5.91 Å². The number of carbonyl (C=O) groups excluding carboxylic acids is 1. The molecule has 0 aromatic carbocycles. The van der Waals surface area contributed by atoms with Crippen LogP contribution in [0.5, 0.6) is 0 Å². The van der Waals surface area contributed by atoms with E-state index in [-0.39, 0.29) is 5.91 Å². The molecule has 3 heterocycles. The summed E-state index contributed by atoms with van der Waals surface area (Å²) in [4.78, 5) is 20.7. The molecule has 0 bridgehead atoms. The fourth-order valence-corrected chi connectivity index (χ4v) is 3.05. The van der Waals surface area contributed by atoms with E-state index in [2.05, 4.69) is 25.5 Å². The highest BCUT2D eigenvalue weighted by atomic mass is 32.1. The first kappa shape index (κ1) is 15.4. The van der Waals surface area contributed by atoms with Gasteiger partial charge in [0.25, 0.3) is 0 Å². The lowest BCUT2D eigenvalue weighted by atomic mass is 10.1. The Bertz CT molecular complexity index is 790. The largest absolute Gasteiger partial charge is 0.302 e. The standard InChI is InChI=1S/C16H17N5OS/c1-10-12(11(2)21-20-10)6-7-15(22)19-16-18-14(9-23-16)13-5-3-4-8-17-13/h3-5,8-9H,6-7H2,1-2H3,(H,20,21)(H,18,19,22). The molecule has 3 aromatic rings. The number of aryl methyl sites for hydroxylation is 2. The van der Waals surface area contributed by atoms with Gasteiger partial charge in [0.1, 0.15) is 5.69 Å². The maximum Gasteiger partial charge on any atom is 0.226 e.